The molecule has 1 atom stereocenters. The van der Waals surface area contributed by atoms with Crippen LogP contribution in [0.5, 0.6) is 0 Å². The minimum Gasteiger partial charge on any atom is -0.444 e. The van der Waals surface area contributed by atoms with Gasteiger partial charge in [0.1, 0.15) is 11.6 Å². The minimum absolute atomic E-state index is 0.198. The second-order valence-electron chi connectivity index (χ2n) is 9.97. The maximum Gasteiger partial charge on any atom is 0.494 e. The average molecular weight is 418 g/mol. The molecule has 8 heteroatoms. The quantitative estimate of drug-likeness (QED) is 0.744. The molecule has 1 aromatic rings. The van der Waals surface area contributed by atoms with Crippen molar-refractivity contribution in [3.05, 3.63) is 29.8 Å². The number of nitrogens with zero attached hydrogens (tertiary/aromatic N) is 1. The van der Waals surface area contributed by atoms with E-state index in [1.54, 1.807) is 34.9 Å². The summed E-state index contributed by atoms with van der Waals surface area (Å²) in [6, 6.07) is 6.99. The summed E-state index contributed by atoms with van der Waals surface area (Å²) in [6.45, 7) is 13.4. The highest BCUT2D eigenvalue weighted by Gasteiger charge is 2.51. The molecule has 7 nitrogen and oxygen atoms in total. The number of likely N-dealkylation sites (N-methyl/N-ethyl adjacent to an activating group) is 1. The molecule has 0 spiro atoms. The molecular weight excluding hydrogens is 383 g/mol. The van der Waals surface area contributed by atoms with Gasteiger partial charge < -0.3 is 24.3 Å². The van der Waals surface area contributed by atoms with Gasteiger partial charge in [-0.25, -0.2) is 4.79 Å². The summed E-state index contributed by atoms with van der Waals surface area (Å²) in [5.41, 5.74) is 0.369. The number of ether oxygens (including phenoxy) is 1. The second-order valence-corrected chi connectivity index (χ2v) is 9.97. The van der Waals surface area contributed by atoms with Gasteiger partial charge in [-0.1, -0.05) is 24.3 Å². The zero-order chi connectivity index (χ0) is 22.9. The van der Waals surface area contributed by atoms with E-state index >= 15 is 0 Å². The Labute approximate surface area is 180 Å². The molecule has 166 valence electrons. The zero-order valence-corrected chi connectivity index (χ0v) is 19.7. The smallest absolute Gasteiger partial charge is 0.444 e. The number of benzene rings is 1. The maximum absolute atomic E-state index is 12.6. The van der Waals surface area contributed by atoms with Crippen molar-refractivity contribution in [2.45, 2.75) is 77.7 Å². The number of hydrogen-bond acceptors (Lipinski definition) is 5. The van der Waals surface area contributed by atoms with Gasteiger partial charge in [0, 0.05) is 20.5 Å². The lowest BCUT2D eigenvalue weighted by atomic mass is 9.78. The second kappa shape index (κ2) is 8.59. The van der Waals surface area contributed by atoms with Crippen molar-refractivity contribution in [1.29, 1.82) is 0 Å². The van der Waals surface area contributed by atoms with E-state index in [0.29, 0.717) is 6.42 Å². The van der Waals surface area contributed by atoms with Crippen molar-refractivity contribution in [3.63, 3.8) is 0 Å². The predicted octanol–water partition coefficient (Wildman–Crippen LogP) is 2.51. The van der Waals surface area contributed by atoms with Gasteiger partial charge in [-0.3, -0.25) is 4.79 Å². The third kappa shape index (κ3) is 5.98. The topological polar surface area (TPSA) is 77.1 Å². The molecule has 1 aromatic carbocycles. The van der Waals surface area contributed by atoms with E-state index < -0.39 is 36.1 Å². The molecule has 1 saturated heterocycles. The molecule has 1 fully saturated rings. The monoisotopic (exact) mass is 418 g/mol. The van der Waals surface area contributed by atoms with Gasteiger partial charge in [-0.2, -0.15) is 0 Å². The molecule has 0 aromatic heterocycles. The maximum atomic E-state index is 12.6. The lowest BCUT2D eigenvalue weighted by Gasteiger charge is -2.32. The highest BCUT2D eigenvalue weighted by molar-refractivity contribution is 6.62. The number of nitrogens with one attached hydrogen (secondary N) is 1. The summed E-state index contributed by atoms with van der Waals surface area (Å²) in [4.78, 5) is 26.2. The Morgan fingerprint density at radius 2 is 1.57 bits per heavy atom. The van der Waals surface area contributed by atoms with E-state index in [1.165, 1.54) is 4.90 Å². The largest absolute Gasteiger partial charge is 0.494 e. The van der Waals surface area contributed by atoms with Gasteiger partial charge in [0.25, 0.3) is 0 Å². The van der Waals surface area contributed by atoms with Crippen molar-refractivity contribution < 1.29 is 23.6 Å². The lowest BCUT2D eigenvalue weighted by Crippen LogP contribution is -2.49. The summed E-state index contributed by atoms with van der Waals surface area (Å²) in [6.07, 6.45) is -0.267. The van der Waals surface area contributed by atoms with Crippen molar-refractivity contribution in [3.8, 4) is 0 Å². The first-order valence-electron chi connectivity index (χ1n) is 10.3. The van der Waals surface area contributed by atoms with Crippen molar-refractivity contribution in [2.24, 2.45) is 0 Å². The summed E-state index contributed by atoms with van der Waals surface area (Å²) in [7, 11) is 2.88. The van der Waals surface area contributed by atoms with E-state index in [1.807, 2.05) is 52.0 Å². The van der Waals surface area contributed by atoms with Crippen molar-refractivity contribution >= 4 is 24.6 Å². The number of carbonyl (C=O) groups is 2. The summed E-state index contributed by atoms with van der Waals surface area (Å²) < 4.78 is 17.5. The fourth-order valence-electron chi connectivity index (χ4n) is 2.99. The molecule has 30 heavy (non-hydrogen) atoms. The molecule has 0 saturated carbocycles. The molecule has 1 unspecified atom stereocenters. The van der Waals surface area contributed by atoms with Gasteiger partial charge in [0.05, 0.1) is 11.2 Å². The lowest BCUT2D eigenvalue weighted by molar-refractivity contribution is -0.130. The molecule has 1 aliphatic rings. The Balaban J connectivity index is 2.11. The van der Waals surface area contributed by atoms with Gasteiger partial charge >= 0.3 is 13.2 Å². The molecule has 0 radical (unpaired) electrons. The van der Waals surface area contributed by atoms with Crippen LogP contribution in [0.15, 0.2) is 24.3 Å². The molecule has 1 N–H and O–H groups in total. The van der Waals surface area contributed by atoms with Crippen LogP contribution in [0.2, 0.25) is 0 Å². The molecular formula is C22H35BN2O5. The molecule has 2 amide bonds. The van der Waals surface area contributed by atoms with Crippen molar-refractivity contribution in [1.82, 2.24) is 10.2 Å². The summed E-state index contributed by atoms with van der Waals surface area (Å²) in [5.74, 6) is -0.198. The fraction of sp³-hybridized carbons (Fsp3) is 0.636. The molecule has 1 aliphatic heterocycles. The number of carbonyl (C=O) groups excluding carboxylic acids is 2. The Morgan fingerprint density at radius 3 is 2.00 bits per heavy atom. The van der Waals surface area contributed by atoms with E-state index in [0.717, 1.165) is 11.0 Å². The van der Waals surface area contributed by atoms with Crippen LogP contribution in [0.3, 0.4) is 0 Å². The van der Waals surface area contributed by atoms with E-state index in [2.05, 4.69) is 5.32 Å². The van der Waals surface area contributed by atoms with Crippen LogP contribution in [-0.2, 0) is 25.3 Å². The van der Waals surface area contributed by atoms with Crippen LogP contribution >= 0.6 is 0 Å². The van der Waals surface area contributed by atoms with E-state index in [4.69, 9.17) is 14.0 Å². The van der Waals surface area contributed by atoms with E-state index in [-0.39, 0.29) is 5.91 Å². The number of alkyl carbamates (subject to hydrolysis) is 1. The Bertz CT molecular complexity index is 753. The van der Waals surface area contributed by atoms with Gasteiger partial charge in [-0.15, -0.1) is 0 Å². The predicted molar refractivity (Wildman–Crippen MR) is 118 cm³/mol. The molecule has 1 heterocycles. The number of amides is 2. The van der Waals surface area contributed by atoms with Gasteiger partial charge in [-0.05, 0) is 59.5 Å². The Hall–Kier alpha value is -2.06. The number of rotatable bonds is 5. The third-order valence-corrected chi connectivity index (χ3v) is 5.37. The first-order valence-corrected chi connectivity index (χ1v) is 10.3. The van der Waals surface area contributed by atoms with Crippen LogP contribution in [0.1, 0.15) is 54.0 Å². The zero-order valence-electron chi connectivity index (χ0n) is 19.7. The first-order chi connectivity index (χ1) is 13.6. The highest BCUT2D eigenvalue weighted by Crippen LogP contribution is 2.36. The summed E-state index contributed by atoms with van der Waals surface area (Å²) in [5, 5.41) is 2.69. The van der Waals surface area contributed by atoms with Crippen LogP contribution in [0.25, 0.3) is 0 Å². The van der Waals surface area contributed by atoms with Crippen LogP contribution in [0, 0.1) is 0 Å². The molecule has 2 rings (SSSR count). The Kier molecular flexibility index (Phi) is 6.94. The van der Waals surface area contributed by atoms with Crippen LogP contribution in [-0.4, -0.2) is 61.0 Å². The highest BCUT2D eigenvalue weighted by atomic mass is 16.7. The molecule has 0 aliphatic carbocycles. The Morgan fingerprint density at radius 1 is 1.07 bits per heavy atom. The average Bonchev–Trinajstić information content (AvgIpc) is 2.80. The van der Waals surface area contributed by atoms with Gasteiger partial charge in [0.15, 0.2) is 0 Å². The van der Waals surface area contributed by atoms with Crippen molar-refractivity contribution in [2.75, 3.05) is 14.1 Å². The first kappa shape index (κ1) is 24.2. The fourth-order valence-corrected chi connectivity index (χ4v) is 2.99. The standard InChI is InChI=1S/C22H35BN2O5/c1-20(2,3)28-19(27)24-17(18(26)25(8)9)14-15-10-12-16(13-11-15)23-29-21(4,5)22(6,7)30-23/h10-13,17H,14H2,1-9H3,(H,24,27). The number of hydrogen-bond donors (Lipinski definition) is 1. The minimum atomic E-state index is -0.724. The van der Waals surface area contributed by atoms with Gasteiger partial charge in [0.2, 0.25) is 5.91 Å². The van der Waals surface area contributed by atoms with E-state index in [9.17, 15) is 9.59 Å². The normalized spacial score (nSPS) is 18.6. The van der Waals surface area contributed by atoms with Crippen LogP contribution in [0.4, 0.5) is 4.79 Å². The molecule has 0 bridgehead atoms. The third-order valence-electron chi connectivity index (χ3n) is 5.37. The SMILES string of the molecule is CN(C)C(=O)C(Cc1ccc(B2OC(C)(C)C(C)(C)O2)cc1)NC(=O)OC(C)(C)C. The van der Waals surface area contributed by atoms with Crippen LogP contribution < -0.4 is 10.8 Å². The summed E-state index contributed by atoms with van der Waals surface area (Å²) >= 11 is 0.